The molecule has 1 aromatic carbocycles. The lowest BCUT2D eigenvalue weighted by molar-refractivity contribution is -0.137. The monoisotopic (exact) mass is 518 g/mol. The molecule has 5 rings (SSSR count). The van der Waals surface area contributed by atoms with Crippen LogP contribution in [-0.4, -0.2) is 37.5 Å². The van der Waals surface area contributed by atoms with Gasteiger partial charge in [-0.05, 0) is 42.2 Å². The molecule has 2 bridgehead atoms. The maximum absolute atomic E-state index is 13.7. The molecule has 0 aliphatic carbocycles. The Hall–Kier alpha value is -3.41. The van der Waals surface area contributed by atoms with Gasteiger partial charge in [-0.1, -0.05) is 18.6 Å². The second kappa shape index (κ2) is 8.91. The van der Waals surface area contributed by atoms with Crippen molar-refractivity contribution in [1.82, 2.24) is 15.0 Å². The van der Waals surface area contributed by atoms with E-state index in [4.69, 9.17) is 0 Å². The number of benzene rings is 1. The van der Waals surface area contributed by atoms with Crippen molar-refractivity contribution < 1.29 is 21.6 Å². The second-order valence-electron chi connectivity index (χ2n) is 9.15. The highest BCUT2D eigenvalue weighted by Gasteiger charge is 2.47. The van der Waals surface area contributed by atoms with Crippen LogP contribution in [0, 0.1) is 0 Å². The number of nitrogens with one attached hydrogen (secondary N) is 2. The van der Waals surface area contributed by atoms with Crippen molar-refractivity contribution in [3.05, 3.63) is 65.0 Å². The van der Waals surface area contributed by atoms with E-state index in [9.17, 15) is 21.6 Å². The summed E-state index contributed by atoms with van der Waals surface area (Å²) in [5.74, 6) is 0.228. The number of alkyl halides is 3. The first-order valence-electron chi connectivity index (χ1n) is 11.5. The van der Waals surface area contributed by atoms with Gasteiger partial charge in [-0.15, -0.1) is 0 Å². The molecule has 36 heavy (non-hydrogen) atoms. The van der Waals surface area contributed by atoms with Crippen LogP contribution in [0.2, 0.25) is 0 Å². The maximum atomic E-state index is 13.7. The average Bonchev–Trinajstić information content (AvgIpc) is 2.93. The van der Waals surface area contributed by atoms with E-state index in [0.717, 1.165) is 23.7 Å². The van der Waals surface area contributed by atoms with Crippen LogP contribution in [0.1, 0.15) is 52.0 Å². The van der Waals surface area contributed by atoms with Gasteiger partial charge in [0.1, 0.15) is 17.2 Å². The number of rotatable bonds is 6. The quantitative estimate of drug-likeness (QED) is 0.470. The van der Waals surface area contributed by atoms with Crippen LogP contribution in [0.4, 0.5) is 36.4 Å². The molecule has 0 amide bonds. The maximum Gasteiger partial charge on any atom is 0.421 e. The summed E-state index contributed by atoms with van der Waals surface area (Å²) in [6.07, 6.45) is -0.276. The molecule has 8 nitrogen and oxygen atoms in total. The van der Waals surface area contributed by atoms with Gasteiger partial charge in [0.15, 0.2) is 9.84 Å². The fraction of sp³-hybridized carbons (Fsp3) is 0.375. The molecule has 4 heterocycles. The molecule has 0 radical (unpaired) electrons. The summed E-state index contributed by atoms with van der Waals surface area (Å²) in [4.78, 5) is 14.0. The van der Waals surface area contributed by atoms with Crippen molar-refractivity contribution in [2.45, 2.75) is 42.5 Å². The summed E-state index contributed by atoms with van der Waals surface area (Å²) < 4.78 is 66.5. The second-order valence-corrected chi connectivity index (χ2v) is 11.5. The largest absolute Gasteiger partial charge is 0.421 e. The Balaban J connectivity index is 1.43. The van der Waals surface area contributed by atoms with Crippen LogP contribution in [0.3, 0.4) is 0 Å². The normalized spacial score (nSPS) is 20.0. The Kier molecular flexibility index (Phi) is 6.01. The highest BCUT2D eigenvalue weighted by Crippen LogP contribution is 2.53. The summed E-state index contributed by atoms with van der Waals surface area (Å²) >= 11 is 0. The van der Waals surface area contributed by atoms with E-state index in [1.165, 1.54) is 0 Å². The molecule has 0 saturated carbocycles. The summed E-state index contributed by atoms with van der Waals surface area (Å²) in [6, 6.07) is 8.72. The first kappa shape index (κ1) is 24.3. The minimum absolute atomic E-state index is 0.0340. The number of nitrogens with zero attached hydrogens (tertiary/aromatic N) is 4. The van der Waals surface area contributed by atoms with E-state index >= 15 is 0 Å². The molecule has 2 aromatic heterocycles. The number of fused-ring (bicyclic) bond motifs is 5. The molecule has 2 N–H and O–H groups in total. The third-order valence-electron chi connectivity index (χ3n) is 6.59. The highest BCUT2D eigenvalue weighted by molar-refractivity contribution is 7.92. The van der Waals surface area contributed by atoms with Gasteiger partial charge in [0.05, 0.1) is 10.5 Å². The van der Waals surface area contributed by atoms with E-state index in [-0.39, 0.29) is 18.3 Å². The number of sulfone groups is 1. The summed E-state index contributed by atoms with van der Waals surface area (Å²) in [7, 11) is 0.349. The van der Waals surface area contributed by atoms with Gasteiger partial charge in [-0.2, -0.15) is 18.2 Å². The van der Waals surface area contributed by atoms with E-state index < -0.39 is 32.1 Å². The Morgan fingerprint density at radius 3 is 2.56 bits per heavy atom. The molecule has 12 heteroatoms. The molecule has 2 atom stereocenters. The number of aromatic nitrogens is 3. The van der Waals surface area contributed by atoms with Crippen molar-refractivity contribution >= 4 is 33.1 Å². The smallest absolute Gasteiger partial charge is 0.365 e. The Labute approximate surface area is 206 Å². The number of hydrogen-bond acceptors (Lipinski definition) is 8. The molecule has 1 fully saturated rings. The number of anilines is 4. The third kappa shape index (κ3) is 4.34. The molecule has 2 unspecified atom stereocenters. The lowest BCUT2D eigenvalue weighted by Gasteiger charge is -2.19. The van der Waals surface area contributed by atoms with E-state index in [2.05, 4.69) is 25.6 Å². The molecule has 1 saturated heterocycles. The first-order valence-corrected chi connectivity index (χ1v) is 13.1. The summed E-state index contributed by atoms with van der Waals surface area (Å²) in [5.41, 5.74) is 1.80. The SMILES string of the molecule is CN(C)c1ncccc1CNc1nc(Nc2ccc3c(c2)C2CCCC3S2(=O)=O)ncc1C(F)(F)F. The predicted octanol–water partition coefficient (Wildman–Crippen LogP) is 5.01. The van der Waals surface area contributed by atoms with Gasteiger partial charge in [0.25, 0.3) is 0 Å². The highest BCUT2D eigenvalue weighted by atomic mass is 32.2. The van der Waals surface area contributed by atoms with Crippen molar-refractivity contribution in [3.63, 3.8) is 0 Å². The average molecular weight is 519 g/mol. The molecule has 3 aromatic rings. The zero-order chi connectivity index (χ0) is 25.7. The Bertz CT molecular complexity index is 1410. The topological polar surface area (TPSA) is 100 Å². The molecule has 190 valence electrons. The lowest BCUT2D eigenvalue weighted by Crippen LogP contribution is -2.17. The van der Waals surface area contributed by atoms with E-state index in [0.29, 0.717) is 29.9 Å². The molecule has 2 aliphatic heterocycles. The summed E-state index contributed by atoms with van der Waals surface area (Å²) in [6.45, 7) is 0.0701. The van der Waals surface area contributed by atoms with Crippen LogP contribution < -0.4 is 15.5 Å². The zero-order valence-corrected chi connectivity index (χ0v) is 20.5. The van der Waals surface area contributed by atoms with Crippen molar-refractivity contribution in [2.24, 2.45) is 0 Å². The number of hydrogen-bond donors (Lipinski definition) is 2. The van der Waals surface area contributed by atoms with E-state index in [1.54, 1.807) is 55.5 Å². The first-order chi connectivity index (χ1) is 17.1. The van der Waals surface area contributed by atoms with E-state index in [1.807, 2.05) is 0 Å². The van der Waals surface area contributed by atoms with Gasteiger partial charge >= 0.3 is 6.18 Å². The zero-order valence-electron chi connectivity index (χ0n) is 19.7. The van der Waals surface area contributed by atoms with Crippen LogP contribution >= 0.6 is 0 Å². The van der Waals surface area contributed by atoms with Crippen molar-refractivity contribution in [1.29, 1.82) is 0 Å². The summed E-state index contributed by atoms with van der Waals surface area (Å²) in [5, 5.41) is 4.71. The predicted molar refractivity (Wildman–Crippen MR) is 131 cm³/mol. The lowest BCUT2D eigenvalue weighted by atomic mass is 10.0. The fourth-order valence-electron chi connectivity index (χ4n) is 4.97. The van der Waals surface area contributed by atoms with Crippen LogP contribution in [0.25, 0.3) is 0 Å². The van der Waals surface area contributed by atoms with Crippen LogP contribution in [-0.2, 0) is 22.6 Å². The van der Waals surface area contributed by atoms with Crippen molar-refractivity contribution in [2.75, 3.05) is 29.6 Å². The van der Waals surface area contributed by atoms with Gasteiger partial charge < -0.3 is 15.5 Å². The van der Waals surface area contributed by atoms with Gasteiger partial charge in [-0.25, -0.2) is 18.4 Å². The van der Waals surface area contributed by atoms with Gasteiger partial charge in [0, 0.05) is 44.3 Å². The molecule has 0 spiro atoms. The molecule has 2 aliphatic rings. The fourth-order valence-corrected chi connectivity index (χ4v) is 7.48. The minimum Gasteiger partial charge on any atom is -0.365 e. The third-order valence-corrected chi connectivity index (χ3v) is 9.16. The molecular weight excluding hydrogens is 493 g/mol. The number of halogens is 3. The van der Waals surface area contributed by atoms with Crippen LogP contribution in [0.5, 0.6) is 0 Å². The Morgan fingerprint density at radius 2 is 1.83 bits per heavy atom. The van der Waals surface area contributed by atoms with Crippen LogP contribution in [0.15, 0.2) is 42.7 Å². The molecular formula is C24H25F3N6O2S. The van der Waals surface area contributed by atoms with Gasteiger partial charge in [0.2, 0.25) is 5.95 Å². The van der Waals surface area contributed by atoms with Crippen molar-refractivity contribution in [3.8, 4) is 0 Å². The minimum atomic E-state index is -4.65. The standard InChI is InChI=1S/C24H25F3N6O2S/c1-33(2)22-14(5-4-10-28-22)12-29-21-18(24(25,26)27)13-30-23(32-21)31-15-8-9-16-17(11-15)20-7-3-6-19(16)36(20,34)35/h4-5,8-11,13,19-20H,3,6-7,12H2,1-2H3,(H2,29,30,31,32). The van der Waals surface area contributed by atoms with Gasteiger partial charge in [-0.3, -0.25) is 0 Å². The number of pyridine rings is 1. The Morgan fingerprint density at radius 1 is 1.08 bits per heavy atom.